The number of aliphatic hydroxyl groups excluding tert-OH is 1. The zero-order valence-electron chi connectivity index (χ0n) is 17.9. The topological polar surface area (TPSA) is 84.9 Å². The highest BCUT2D eigenvalue weighted by Gasteiger charge is 2.46. The Bertz CT molecular complexity index is 1330. The Morgan fingerprint density at radius 3 is 1.82 bits per heavy atom. The SMILES string of the molecule is N#CC(C#N)C(C1=C(O)C(c2ccccc2)C(=S)C(c2ccccc2)C1=O)c1ccc(Cl)cc1. The van der Waals surface area contributed by atoms with E-state index in [2.05, 4.69) is 0 Å². The van der Waals surface area contributed by atoms with E-state index in [4.69, 9.17) is 23.8 Å². The van der Waals surface area contributed by atoms with Crippen LogP contribution in [0.15, 0.2) is 96.3 Å². The van der Waals surface area contributed by atoms with Crippen LogP contribution in [0.3, 0.4) is 0 Å². The Hall–Kier alpha value is -3.77. The van der Waals surface area contributed by atoms with Gasteiger partial charge in [0.05, 0.1) is 24.0 Å². The summed E-state index contributed by atoms with van der Waals surface area (Å²) in [5, 5.41) is 31.6. The van der Waals surface area contributed by atoms with E-state index in [9.17, 15) is 20.4 Å². The van der Waals surface area contributed by atoms with Crippen LogP contribution < -0.4 is 0 Å². The minimum Gasteiger partial charge on any atom is -0.511 e. The summed E-state index contributed by atoms with van der Waals surface area (Å²) in [5.74, 6) is -4.34. The predicted molar refractivity (Wildman–Crippen MR) is 135 cm³/mol. The third-order valence-corrected chi connectivity index (χ3v) is 6.79. The Morgan fingerprint density at radius 1 is 0.824 bits per heavy atom. The molecule has 3 aromatic rings. The molecule has 3 atom stereocenters. The molecule has 166 valence electrons. The van der Waals surface area contributed by atoms with E-state index in [-0.39, 0.29) is 11.3 Å². The number of carbonyl (C=O) groups is 1. The number of carbonyl (C=O) groups excluding carboxylic acids is 1. The highest BCUT2D eigenvalue weighted by atomic mass is 35.5. The minimum absolute atomic E-state index is 0.0340. The molecule has 3 unspecified atom stereocenters. The molecule has 6 heteroatoms. The van der Waals surface area contributed by atoms with Gasteiger partial charge in [0.2, 0.25) is 0 Å². The van der Waals surface area contributed by atoms with E-state index < -0.39 is 29.5 Å². The predicted octanol–water partition coefficient (Wildman–Crippen LogP) is 6.42. The van der Waals surface area contributed by atoms with Crippen LogP contribution in [0.5, 0.6) is 0 Å². The van der Waals surface area contributed by atoms with E-state index in [0.29, 0.717) is 21.0 Å². The maximum atomic E-state index is 14.0. The van der Waals surface area contributed by atoms with E-state index >= 15 is 0 Å². The Morgan fingerprint density at radius 2 is 1.32 bits per heavy atom. The third-order valence-electron chi connectivity index (χ3n) is 6.06. The molecule has 0 heterocycles. The molecule has 4 rings (SSSR count). The van der Waals surface area contributed by atoms with E-state index in [1.165, 1.54) is 0 Å². The first-order valence-electron chi connectivity index (χ1n) is 10.6. The molecule has 1 aliphatic carbocycles. The van der Waals surface area contributed by atoms with Crippen LogP contribution in [0.1, 0.15) is 34.4 Å². The zero-order valence-corrected chi connectivity index (χ0v) is 19.5. The summed E-state index contributed by atoms with van der Waals surface area (Å²) in [6, 6.07) is 28.9. The molecule has 0 spiro atoms. The van der Waals surface area contributed by atoms with Crippen LogP contribution in [0, 0.1) is 28.6 Å². The van der Waals surface area contributed by atoms with Gasteiger partial charge in [0, 0.05) is 21.4 Å². The molecule has 0 fully saturated rings. The quantitative estimate of drug-likeness (QED) is 0.424. The number of benzene rings is 3. The van der Waals surface area contributed by atoms with Crippen molar-refractivity contribution in [1.29, 1.82) is 10.5 Å². The van der Waals surface area contributed by atoms with Crippen molar-refractivity contribution < 1.29 is 9.90 Å². The molecule has 0 saturated heterocycles. The van der Waals surface area contributed by atoms with Gasteiger partial charge in [-0.3, -0.25) is 4.79 Å². The summed E-state index contributed by atoms with van der Waals surface area (Å²) in [6.45, 7) is 0. The van der Waals surface area contributed by atoms with Gasteiger partial charge < -0.3 is 5.11 Å². The average Bonchev–Trinajstić information content (AvgIpc) is 2.86. The lowest BCUT2D eigenvalue weighted by Crippen LogP contribution is -2.37. The minimum atomic E-state index is -1.21. The second-order valence-corrected chi connectivity index (χ2v) is 8.93. The summed E-state index contributed by atoms with van der Waals surface area (Å²) in [4.78, 5) is 14.4. The van der Waals surface area contributed by atoms with Crippen LogP contribution in [0.2, 0.25) is 5.02 Å². The number of allylic oxidation sites excluding steroid dienone is 2. The van der Waals surface area contributed by atoms with Crippen LogP contribution in [0.25, 0.3) is 0 Å². The second-order valence-electron chi connectivity index (χ2n) is 8.02. The highest BCUT2D eigenvalue weighted by molar-refractivity contribution is 7.80. The summed E-state index contributed by atoms with van der Waals surface area (Å²) in [5.41, 5.74) is 2.01. The van der Waals surface area contributed by atoms with Crippen LogP contribution >= 0.6 is 23.8 Å². The molecule has 3 aromatic carbocycles. The molecule has 0 amide bonds. The molecule has 0 bridgehead atoms. The third kappa shape index (κ3) is 4.24. The number of Topliss-reactive ketones (excluding diaryl/α,β-unsaturated/α-hetero) is 1. The van der Waals surface area contributed by atoms with Crippen molar-refractivity contribution in [3.63, 3.8) is 0 Å². The van der Waals surface area contributed by atoms with Crippen molar-refractivity contribution in [1.82, 2.24) is 0 Å². The molecule has 1 aliphatic rings. The Kier molecular flexibility index (Phi) is 6.89. The summed E-state index contributed by atoms with van der Waals surface area (Å²) in [6.07, 6.45) is 0. The zero-order chi connectivity index (χ0) is 24.2. The number of hydrogen-bond donors (Lipinski definition) is 1. The molecule has 34 heavy (non-hydrogen) atoms. The number of thiocarbonyl (C=S) groups is 1. The van der Waals surface area contributed by atoms with Gasteiger partial charge in [-0.25, -0.2) is 0 Å². The number of hydrogen-bond acceptors (Lipinski definition) is 5. The Labute approximate surface area is 208 Å². The van der Waals surface area contributed by atoms with E-state index in [1.54, 1.807) is 24.3 Å². The van der Waals surface area contributed by atoms with Crippen molar-refractivity contribution >= 4 is 34.5 Å². The standard InChI is InChI=1S/C28H19ClN2O2S/c29-21-13-11-19(12-14-21)22(20(15-30)16-31)25-26(32)23(17-7-3-1-4-8-17)28(34)24(27(25)33)18-9-5-2-6-10-18/h1-14,20,22-24,32H. The number of halogens is 1. The van der Waals surface area contributed by atoms with Crippen molar-refractivity contribution in [3.8, 4) is 12.1 Å². The largest absolute Gasteiger partial charge is 0.511 e. The van der Waals surface area contributed by atoms with E-state index in [1.807, 2.05) is 72.8 Å². The smallest absolute Gasteiger partial charge is 0.175 e. The maximum Gasteiger partial charge on any atom is 0.175 e. The fourth-order valence-corrected chi connectivity index (χ4v) is 5.10. The lowest BCUT2D eigenvalue weighted by molar-refractivity contribution is -0.116. The fraction of sp³-hybridized carbons (Fsp3) is 0.143. The van der Waals surface area contributed by atoms with Crippen molar-refractivity contribution in [3.05, 3.63) is 118 Å². The van der Waals surface area contributed by atoms with Gasteiger partial charge in [-0.05, 0) is 28.8 Å². The molecule has 0 aromatic heterocycles. The van der Waals surface area contributed by atoms with Gasteiger partial charge in [-0.1, -0.05) is 96.6 Å². The van der Waals surface area contributed by atoms with Crippen molar-refractivity contribution in [2.75, 3.05) is 0 Å². The van der Waals surface area contributed by atoms with Gasteiger partial charge in [0.15, 0.2) is 5.78 Å². The number of ketones is 1. The average molecular weight is 483 g/mol. The number of nitrogens with zero attached hydrogens (tertiary/aromatic N) is 2. The lowest BCUT2D eigenvalue weighted by Gasteiger charge is -2.35. The van der Waals surface area contributed by atoms with Crippen LogP contribution in [-0.2, 0) is 4.79 Å². The van der Waals surface area contributed by atoms with Gasteiger partial charge in [0.25, 0.3) is 0 Å². The molecule has 1 N–H and O–H groups in total. The first-order valence-corrected chi connectivity index (χ1v) is 11.4. The number of aliphatic hydroxyl groups is 1. The Balaban J connectivity index is 1.99. The molecule has 4 nitrogen and oxygen atoms in total. The summed E-state index contributed by atoms with van der Waals surface area (Å²) >= 11 is 11.9. The molecule has 0 aliphatic heterocycles. The van der Waals surface area contributed by atoms with Crippen molar-refractivity contribution in [2.24, 2.45) is 5.92 Å². The second kappa shape index (κ2) is 10.0. The van der Waals surface area contributed by atoms with Crippen LogP contribution in [0.4, 0.5) is 0 Å². The van der Waals surface area contributed by atoms with Gasteiger partial charge in [-0.2, -0.15) is 10.5 Å². The van der Waals surface area contributed by atoms with Crippen molar-refractivity contribution in [2.45, 2.75) is 17.8 Å². The fourth-order valence-electron chi connectivity index (χ4n) is 4.48. The summed E-state index contributed by atoms with van der Waals surface area (Å²) < 4.78 is 0. The summed E-state index contributed by atoms with van der Waals surface area (Å²) in [7, 11) is 0. The van der Waals surface area contributed by atoms with E-state index in [0.717, 1.165) is 5.56 Å². The number of nitriles is 2. The maximum absolute atomic E-state index is 14.0. The monoisotopic (exact) mass is 482 g/mol. The number of rotatable bonds is 5. The van der Waals surface area contributed by atoms with Crippen LogP contribution in [-0.4, -0.2) is 15.8 Å². The molecular weight excluding hydrogens is 464 g/mol. The van der Waals surface area contributed by atoms with Gasteiger partial charge in [-0.15, -0.1) is 0 Å². The lowest BCUT2D eigenvalue weighted by atomic mass is 9.68. The van der Waals surface area contributed by atoms with Gasteiger partial charge >= 0.3 is 0 Å². The molecule has 0 radical (unpaired) electrons. The molecule has 0 saturated carbocycles. The normalized spacial score (nSPS) is 18.9. The first-order chi connectivity index (χ1) is 16.5. The van der Waals surface area contributed by atoms with Gasteiger partial charge in [0.1, 0.15) is 11.7 Å². The highest BCUT2D eigenvalue weighted by Crippen LogP contribution is 2.46. The first kappa shape index (κ1) is 23.4. The molecular formula is C28H19ClN2O2S.